The molecule has 0 radical (unpaired) electrons. The molecule has 0 fully saturated rings. The van der Waals surface area contributed by atoms with Gasteiger partial charge in [-0.1, -0.05) is 0 Å². The Kier molecular flexibility index (Phi) is 3.23. The van der Waals surface area contributed by atoms with E-state index in [0.29, 0.717) is 13.0 Å². The molecule has 2 aromatic heterocycles. The van der Waals surface area contributed by atoms with Crippen molar-refractivity contribution < 1.29 is 4.42 Å². The summed E-state index contributed by atoms with van der Waals surface area (Å²) in [5, 5.41) is 0. The Morgan fingerprint density at radius 2 is 2.33 bits per heavy atom. The molecule has 2 rings (SSSR count). The van der Waals surface area contributed by atoms with E-state index in [9.17, 15) is 0 Å². The number of thiophene rings is 1. The summed E-state index contributed by atoms with van der Waals surface area (Å²) >= 11 is 5.08. The highest BCUT2D eigenvalue weighted by molar-refractivity contribution is 9.11. The summed E-state index contributed by atoms with van der Waals surface area (Å²) < 4.78 is 6.62. The topological polar surface area (TPSA) is 52.0 Å². The zero-order chi connectivity index (χ0) is 10.8. The van der Waals surface area contributed by atoms with Crippen LogP contribution in [0, 0.1) is 6.92 Å². The van der Waals surface area contributed by atoms with Crippen LogP contribution in [0.1, 0.15) is 11.7 Å². The molecule has 0 bridgehead atoms. The quantitative estimate of drug-likeness (QED) is 0.944. The monoisotopic (exact) mass is 286 g/mol. The largest absolute Gasteiger partial charge is 0.445 e. The van der Waals surface area contributed by atoms with Crippen LogP contribution in [-0.2, 0) is 6.42 Å². The Balaban J connectivity index is 2.35. The minimum Gasteiger partial charge on any atom is -0.445 e. The molecule has 0 spiro atoms. The summed E-state index contributed by atoms with van der Waals surface area (Å²) in [5.41, 5.74) is 6.38. The lowest BCUT2D eigenvalue weighted by molar-refractivity contribution is 0.473. The molecule has 0 unspecified atom stereocenters. The predicted molar refractivity (Wildman–Crippen MR) is 65.0 cm³/mol. The van der Waals surface area contributed by atoms with E-state index in [-0.39, 0.29) is 0 Å². The zero-order valence-corrected chi connectivity index (χ0v) is 10.7. The van der Waals surface area contributed by atoms with Crippen LogP contribution in [-0.4, -0.2) is 11.5 Å². The van der Waals surface area contributed by atoms with Crippen LogP contribution < -0.4 is 5.73 Å². The van der Waals surface area contributed by atoms with Gasteiger partial charge < -0.3 is 10.2 Å². The second-order valence-corrected chi connectivity index (χ2v) is 5.62. The number of halogens is 1. The van der Waals surface area contributed by atoms with E-state index in [2.05, 4.69) is 20.9 Å². The molecule has 0 amide bonds. The summed E-state index contributed by atoms with van der Waals surface area (Å²) in [7, 11) is 0. The van der Waals surface area contributed by atoms with Crippen molar-refractivity contribution in [2.75, 3.05) is 6.54 Å². The summed E-state index contributed by atoms with van der Waals surface area (Å²) in [6.07, 6.45) is 0.688. The molecule has 0 saturated heterocycles. The summed E-state index contributed by atoms with van der Waals surface area (Å²) in [5.74, 6) is 1.57. The highest BCUT2D eigenvalue weighted by Gasteiger charge is 2.12. The molecular weight excluding hydrogens is 276 g/mol. The minimum absolute atomic E-state index is 0.563. The Labute approximate surface area is 100 Å². The van der Waals surface area contributed by atoms with Gasteiger partial charge in [-0.2, -0.15) is 0 Å². The fourth-order valence-electron chi connectivity index (χ4n) is 1.35. The molecule has 0 saturated carbocycles. The SMILES string of the molecule is Cc1oc(CCN)nc1-c1ccc(Br)s1. The van der Waals surface area contributed by atoms with Crippen molar-refractivity contribution in [2.24, 2.45) is 5.73 Å². The number of oxazole rings is 1. The average Bonchev–Trinajstić information content (AvgIpc) is 2.73. The normalized spacial score (nSPS) is 10.9. The Morgan fingerprint density at radius 1 is 1.53 bits per heavy atom. The maximum absolute atomic E-state index is 5.52. The number of aryl methyl sites for hydroxylation is 1. The molecule has 80 valence electrons. The standard InChI is InChI=1S/C10H11BrN2OS/c1-6-10(7-2-3-8(11)15-7)13-9(14-6)4-5-12/h2-3H,4-5,12H2,1H3. The van der Waals surface area contributed by atoms with E-state index in [0.717, 1.165) is 26.0 Å². The summed E-state index contributed by atoms with van der Waals surface area (Å²) in [6.45, 7) is 2.49. The first-order chi connectivity index (χ1) is 7.20. The summed E-state index contributed by atoms with van der Waals surface area (Å²) in [6, 6.07) is 4.04. The van der Waals surface area contributed by atoms with Gasteiger partial charge in [0.2, 0.25) is 0 Å². The smallest absolute Gasteiger partial charge is 0.196 e. The van der Waals surface area contributed by atoms with E-state index in [1.165, 1.54) is 0 Å². The fraction of sp³-hybridized carbons (Fsp3) is 0.300. The second-order valence-electron chi connectivity index (χ2n) is 3.15. The maximum atomic E-state index is 5.52. The lowest BCUT2D eigenvalue weighted by Gasteiger charge is -1.88. The van der Waals surface area contributed by atoms with Gasteiger partial charge in [-0.05, 0) is 35.0 Å². The van der Waals surface area contributed by atoms with Crippen LogP contribution in [0.15, 0.2) is 20.3 Å². The van der Waals surface area contributed by atoms with Gasteiger partial charge in [0.25, 0.3) is 0 Å². The highest BCUT2D eigenvalue weighted by atomic mass is 79.9. The van der Waals surface area contributed by atoms with Gasteiger partial charge in [0.15, 0.2) is 5.89 Å². The Hall–Kier alpha value is -0.650. The highest BCUT2D eigenvalue weighted by Crippen LogP contribution is 2.32. The fourth-order valence-corrected chi connectivity index (χ4v) is 2.78. The Bertz CT molecular complexity index is 464. The predicted octanol–water partition coefficient (Wildman–Crippen LogP) is 2.98. The molecule has 0 aromatic carbocycles. The molecule has 0 atom stereocenters. The molecule has 0 aliphatic heterocycles. The van der Waals surface area contributed by atoms with E-state index in [1.54, 1.807) is 11.3 Å². The van der Waals surface area contributed by atoms with Crippen molar-refractivity contribution in [1.82, 2.24) is 4.98 Å². The van der Waals surface area contributed by atoms with Crippen molar-refractivity contribution in [1.29, 1.82) is 0 Å². The first-order valence-corrected chi connectivity index (χ1v) is 6.23. The number of rotatable bonds is 3. The molecular formula is C10H11BrN2OS. The first kappa shape index (κ1) is 10.9. The molecule has 3 nitrogen and oxygen atoms in total. The number of aromatic nitrogens is 1. The van der Waals surface area contributed by atoms with Crippen LogP contribution in [0.4, 0.5) is 0 Å². The molecule has 2 heterocycles. The lowest BCUT2D eigenvalue weighted by atomic mass is 10.3. The van der Waals surface area contributed by atoms with Gasteiger partial charge in [0.05, 0.1) is 8.66 Å². The van der Waals surface area contributed by atoms with Gasteiger partial charge in [0.1, 0.15) is 11.5 Å². The summed E-state index contributed by atoms with van der Waals surface area (Å²) in [4.78, 5) is 5.54. The van der Waals surface area contributed by atoms with Crippen LogP contribution in [0.25, 0.3) is 10.6 Å². The Morgan fingerprint density at radius 3 is 2.93 bits per heavy atom. The van der Waals surface area contributed by atoms with Crippen LogP contribution in [0.5, 0.6) is 0 Å². The van der Waals surface area contributed by atoms with Crippen LogP contribution in [0.2, 0.25) is 0 Å². The molecule has 2 aromatic rings. The van der Waals surface area contributed by atoms with Crippen LogP contribution >= 0.6 is 27.3 Å². The van der Waals surface area contributed by atoms with Gasteiger partial charge >= 0.3 is 0 Å². The van der Waals surface area contributed by atoms with E-state index < -0.39 is 0 Å². The van der Waals surface area contributed by atoms with Crippen molar-refractivity contribution in [2.45, 2.75) is 13.3 Å². The van der Waals surface area contributed by atoms with Gasteiger partial charge in [-0.15, -0.1) is 11.3 Å². The van der Waals surface area contributed by atoms with E-state index in [1.807, 2.05) is 19.1 Å². The third-order valence-electron chi connectivity index (χ3n) is 2.01. The molecule has 15 heavy (non-hydrogen) atoms. The third-order valence-corrected chi connectivity index (χ3v) is 3.64. The van der Waals surface area contributed by atoms with Crippen LogP contribution in [0.3, 0.4) is 0 Å². The lowest BCUT2D eigenvalue weighted by Crippen LogP contribution is -2.02. The van der Waals surface area contributed by atoms with E-state index >= 15 is 0 Å². The average molecular weight is 287 g/mol. The van der Waals surface area contributed by atoms with Gasteiger partial charge in [-0.3, -0.25) is 0 Å². The van der Waals surface area contributed by atoms with Crippen molar-refractivity contribution >= 4 is 27.3 Å². The van der Waals surface area contributed by atoms with Crippen molar-refractivity contribution in [3.63, 3.8) is 0 Å². The number of hydrogen-bond acceptors (Lipinski definition) is 4. The molecule has 2 N–H and O–H groups in total. The second kappa shape index (κ2) is 4.47. The van der Waals surface area contributed by atoms with Gasteiger partial charge in [-0.25, -0.2) is 4.98 Å². The van der Waals surface area contributed by atoms with Crippen molar-refractivity contribution in [3.8, 4) is 10.6 Å². The maximum Gasteiger partial charge on any atom is 0.196 e. The number of hydrogen-bond donors (Lipinski definition) is 1. The minimum atomic E-state index is 0.563. The number of nitrogens with zero attached hydrogens (tertiary/aromatic N) is 1. The number of nitrogens with two attached hydrogens (primary N) is 1. The van der Waals surface area contributed by atoms with Crippen molar-refractivity contribution in [3.05, 3.63) is 27.6 Å². The zero-order valence-electron chi connectivity index (χ0n) is 8.29. The molecule has 5 heteroatoms. The first-order valence-electron chi connectivity index (χ1n) is 4.63. The van der Waals surface area contributed by atoms with Gasteiger partial charge in [0, 0.05) is 13.0 Å². The molecule has 0 aliphatic rings. The third kappa shape index (κ3) is 2.30. The molecule has 0 aliphatic carbocycles. The van der Waals surface area contributed by atoms with E-state index in [4.69, 9.17) is 10.2 Å².